The number of benzene rings is 1. The summed E-state index contributed by atoms with van der Waals surface area (Å²) in [6, 6.07) is 11.8. The van der Waals surface area contributed by atoms with Crippen molar-refractivity contribution in [3.63, 3.8) is 0 Å². The number of ether oxygens (including phenoxy) is 1. The first-order valence-electron chi connectivity index (χ1n) is 6.44. The predicted molar refractivity (Wildman–Crippen MR) is 84.7 cm³/mol. The second-order valence-electron chi connectivity index (χ2n) is 4.19. The molecule has 0 atom stereocenters. The Balaban J connectivity index is 1.71. The number of nitrogens with zero attached hydrogens (tertiary/aromatic N) is 1. The Hall–Kier alpha value is -1.23. The molecule has 20 heavy (non-hydrogen) atoms. The lowest BCUT2D eigenvalue weighted by Crippen LogP contribution is -2.03. The van der Waals surface area contributed by atoms with Gasteiger partial charge in [0.25, 0.3) is 0 Å². The lowest BCUT2D eigenvalue weighted by molar-refractivity contribution is 0.344. The van der Waals surface area contributed by atoms with Crippen LogP contribution in [-0.2, 0) is 6.42 Å². The normalized spacial score (nSPS) is 10.5. The zero-order valence-corrected chi connectivity index (χ0v) is 12.7. The van der Waals surface area contributed by atoms with Gasteiger partial charge in [-0.05, 0) is 42.8 Å². The molecular weight excluding hydrogens is 292 g/mol. The first-order valence-corrected chi connectivity index (χ1v) is 7.80. The summed E-state index contributed by atoms with van der Waals surface area (Å²) in [4.78, 5) is 4.22. The van der Waals surface area contributed by atoms with Crippen LogP contribution < -0.4 is 10.5 Å². The molecule has 0 unspecified atom stereocenters. The minimum atomic E-state index is 0.644. The summed E-state index contributed by atoms with van der Waals surface area (Å²) in [7, 11) is 0. The molecule has 2 rings (SSSR count). The number of hydrogen-bond acceptors (Lipinski definition) is 4. The molecule has 1 heterocycles. The Bertz CT molecular complexity index is 516. The van der Waals surface area contributed by atoms with E-state index in [4.69, 9.17) is 22.1 Å². The van der Waals surface area contributed by atoms with Crippen molar-refractivity contribution in [1.29, 1.82) is 0 Å². The van der Waals surface area contributed by atoms with Gasteiger partial charge in [0.15, 0.2) is 0 Å². The number of rotatable bonds is 7. The second kappa shape index (κ2) is 8.15. The molecule has 0 aliphatic carbocycles. The van der Waals surface area contributed by atoms with E-state index in [9.17, 15) is 0 Å². The van der Waals surface area contributed by atoms with Gasteiger partial charge < -0.3 is 10.5 Å². The SMILES string of the molecule is NCCc1ccc(OCCSc2ccc(Cl)cn2)cc1. The van der Waals surface area contributed by atoms with Crippen molar-refractivity contribution in [3.05, 3.63) is 53.2 Å². The topological polar surface area (TPSA) is 48.1 Å². The molecule has 3 nitrogen and oxygen atoms in total. The van der Waals surface area contributed by atoms with Crippen LogP contribution in [0.3, 0.4) is 0 Å². The minimum absolute atomic E-state index is 0.644. The number of pyridine rings is 1. The molecule has 0 saturated carbocycles. The monoisotopic (exact) mass is 308 g/mol. The summed E-state index contributed by atoms with van der Waals surface area (Å²) in [6.45, 7) is 1.32. The van der Waals surface area contributed by atoms with Crippen molar-refractivity contribution in [2.45, 2.75) is 11.4 Å². The zero-order chi connectivity index (χ0) is 14.2. The van der Waals surface area contributed by atoms with Gasteiger partial charge in [0.2, 0.25) is 0 Å². The Kier molecular flexibility index (Phi) is 6.18. The molecule has 5 heteroatoms. The molecular formula is C15H17ClN2OS. The van der Waals surface area contributed by atoms with E-state index in [0.717, 1.165) is 22.9 Å². The van der Waals surface area contributed by atoms with Gasteiger partial charge in [-0.1, -0.05) is 23.7 Å². The third-order valence-electron chi connectivity index (χ3n) is 2.66. The fourth-order valence-electron chi connectivity index (χ4n) is 1.67. The highest BCUT2D eigenvalue weighted by Crippen LogP contribution is 2.18. The minimum Gasteiger partial charge on any atom is -0.493 e. The van der Waals surface area contributed by atoms with Crippen molar-refractivity contribution >= 4 is 23.4 Å². The lowest BCUT2D eigenvalue weighted by Gasteiger charge is -2.06. The summed E-state index contributed by atoms with van der Waals surface area (Å²) in [5.41, 5.74) is 6.75. The molecule has 106 valence electrons. The molecule has 1 aromatic heterocycles. The van der Waals surface area contributed by atoms with Crippen LogP contribution in [0.2, 0.25) is 5.02 Å². The van der Waals surface area contributed by atoms with Gasteiger partial charge in [-0.25, -0.2) is 4.98 Å². The molecule has 0 bridgehead atoms. The second-order valence-corrected chi connectivity index (χ2v) is 5.75. The van der Waals surface area contributed by atoms with Crippen LogP contribution in [0.4, 0.5) is 0 Å². The van der Waals surface area contributed by atoms with Gasteiger partial charge in [0.05, 0.1) is 16.7 Å². The molecule has 2 aromatic rings. The van der Waals surface area contributed by atoms with Crippen LogP contribution in [0.1, 0.15) is 5.56 Å². The number of nitrogens with two attached hydrogens (primary N) is 1. The molecule has 1 aromatic carbocycles. The van der Waals surface area contributed by atoms with Gasteiger partial charge in [-0.3, -0.25) is 0 Å². The number of thioether (sulfide) groups is 1. The van der Waals surface area contributed by atoms with Crippen LogP contribution in [0.5, 0.6) is 5.75 Å². The summed E-state index contributed by atoms with van der Waals surface area (Å²) in [6.07, 6.45) is 2.55. The van der Waals surface area contributed by atoms with E-state index in [1.54, 1.807) is 18.0 Å². The number of hydrogen-bond donors (Lipinski definition) is 1. The van der Waals surface area contributed by atoms with Gasteiger partial charge in [-0.15, -0.1) is 11.8 Å². The molecule has 0 fully saturated rings. The van der Waals surface area contributed by atoms with Crippen LogP contribution in [-0.4, -0.2) is 23.9 Å². The third-order valence-corrected chi connectivity index (χ3v) is 3.79. The van der Waals surface area contributed by atoms with Crippen LogP contribution in [0.25, 0.3) is 0 Å². The van der Waals surface area contributed by atoms with E-state index >= 15 is 0 Å². The Labute approximate surface area is 128 Å². The Morgan fingerprint density at radius 1 is 1.15 bits per heavy atom. The standard InChI is InChI=1S/C15H17ClN2OS/c16-13-3-6-15(18-11-13)20-10-9-19-14-4-1-12(2-5-14)7-8-17/h1-6,11H,7-10,17H2. The quantitative estimate of drug-likeness (QED) is 0.629. The maximum atomic E-state index is 5.78. The van der Waals surface area contributed by atoms with E-state index in [1.165, 1.54) is 5.56 Å². The predicted octanol–water partition coefficient (Wildman–Crippen LogP) is 3.41. The van der Waals surface area contributed by atoms with Crippen molar-refractivity contribution < 1.29 is 4.74 Å². The molecule has 0 radical (unpaired) electrons. The summed E-state index contributed by atoms with van der Waals surface area (Å²) < 4.78 is 5.68. The van der Waals surface area contributed by atoms with E-state index < -0.39 is 0 Å². The van der Waals surface area contributed by atoms with Gasteiger partial charge in [0, 0.05) is 11.9 Å². The molecule has 0 amide bonds. The number of aromatic nitrogens is 1. The van der Waals surface area contributed by atoms with Crippen molar-refractivity contribution in [1.82, 2.24) is 4.98 Å². The maximum absolute atomic E-state index is 5.78. The van der Waals surface area contributed by atoms with Gasteiger partial charge in [0.1, 0.15) is 5.75 Å². The Morgan fingerprint density at radius 3 is 2.60 bits per heavy atom. The lowest BCUT2D eigenvalue weighted by atomic mass is 10.1. The van der Waals surface area contributed by atoms with E-state index in [1.807, 2.05) is 24.3 Å². The molecule has 0 aliphatic rings. The van der Waals surface area contributed by atoms with Crippen molar-refractivity contribution in [3.8, 4) is 5.75 Å². The van der Waals surface area contributed by atoms with E-state index in [0.29, 0.717) is 18.2 Å². The van der Waals surface area contributed by atoms with Crippen molar-refractivity contribution in [2.75, 3.05) is 18.9 Å². The Morgan fingerprint density at radius 2 is 1.95 bits per heavy atom. The summed E-state index contributed by atoms with van der Waals surface area (Å²) >= 11 is 7.43. The fourth-order valence-corrected chi connectivity index (χ4v) is 2.45. The zero-order valence-electron chi connectivity index (χ0n) is 11.1. The average Bonchev–Trinajstić information content (AvgIpc) is 2.47. The molecule has 0 spiro atoms. The summed E-state index contributed by atoms with van der Waals surface area (Å²) in [5.74, 6) is 1.73. The third kappa shape index (κ3) is 5.04. The van der Waals surface area contributed by atoms with E-state index in [2.05, 4.69) is 17.1 Å². The fraction of sp³-hybridized carbons (Fsp3) is 0.267. The smallest absolute Gasteiger partial charge is 0.119 e. The highest BCUT2D eigenvalue weighted by Gasteiger charge is 1.98. The van der Waals surface area contributed by atoms with Gasteiger partial charge in [-0.2, -0.15) is 0 Å². The summed E-state index contributed by atoms with van der Waals surface area (Å²) in [5, 5.41) is 1.61. The first kappa shape index (κ1) is 15.2. The number of halogens is 1. The largest absolute Gasteiger partial charge is 0.493 e. The molecule has 0 aliphatic heterocycles. The molecule has 0 saturated heterocycles. The van der Waals surface area contributed by atoms with Gasteiger partial charge >= 0.3 is 0 Å². The van der Waals surface area contributed by atoms with E-state index in [-0.39, 0.29) is 0 Å². The first-order chi connectivity index (χ1) is 9.78. The average molecular weight is 309 g/mol. The van der Waals surface area contributed by atoms with Crippen LogP contribution >= 0.6 is 23.4 Å². The molecule has 2 N–H and O–H groups in total. The highest BCUT2D eigenvalue weighted by molar-refractivity contribution is 7.99. The van der Waals surface area contributed by atoms with Crippen LogP contribution in [0, 0.1) is 0 Å². The maximum Gasteiger partial charge on any atom is 0.119 e. The van der Waals surface area contributed by atoms with Crippen molar-refractivity contribution in [2.24, 2.45) is 5.73 Å². The highest BCUT2D eigenvalue weighted by atomic mass is 35.5. The van der Waals surface area contributed by atoms with Crippen LogP contribution in [0.15, 0.2) is 47.6 Å².